The molecule has 0 aliphatic heterocycles. The summed E-state index contributed by atoms with van der Waals surface area (Å²) >= 11 is 0. The lowest BCUT2D eigenvalue weighted by Gasteiger charge is -2.19. The normalized spacial score (nSPS) is 11.4. The van der Waals surface area contributed by atoms with Crippen molar-refractivity contribution < 1.29 is 4.79 Å². The van der Waals surface area contributed by atoms with E-state index in [0.717, 1.165) is 12.2 Å². The fourth-order valence-corrected chi connectivity index (χ4v) is 1.16. The van der Waals surface area contributed by atoms with Crippen LogP contribution in [-0.4, -0.2) is 34.5 Å². The van der Waals surface area contributed by atoms with E-state index in [4.69, 9.17) is 0 Å². The van der Waals surface area contributed by atoms with E-state index in [2.05, 4.69) is 20.6 Å². The molecule has 1 heterocycles. The van der Waals surface area contributed by atoms with Gasteiger partial charge in [0.1, 0.15) is 5.82 Å². The Morgan fingerprint density at radius 1 is 1.50 bits per heavy atom. The molecule has 0 bridgehead atoms. The van der Waals surface area contributed by atoms with Gasteiger partial charge in [-0.2, -0.15) is 0 Å². The number of amides is 1. The number of hydrogen-bond donors (Lipinski definition) is 3. The quantitative estimate of drug-likeness (QED) is 0.680. The third-order valence-corrected chi connectivity index (χ3v) is 2.02. The molecule has 0 saturated heterocycles. The van der Waals surface area contributed by atoms with Crippen LogP contribution in [0.25, 0.3) is 0 Å². The van der Waals surface area contributed by atoms with Gasteiger partial charge in [-0.3, -0.25) is 4.79 Å². The number of aromatic amines is 1. The van der Waals surface area contributed by atoms with Crippen LogP contribution in [0.15, 0.2) is 12.4 Å². The van der Waals surface area contributed by atoms with E-state index < -0.39 is 0 Å². The number of nitrogens with zero attached hydrogens (tertiary/aromatic N) is 1. The van der Waals surface area contributed by atoms with Crippen molar-refractivity contribution in [3.05, 3.63) is 18.2 Å². The smallest absolute Gasteiger partial charge is 0.233 e. The summed E-state index contributed by atoms with van der Waals surface area (Å²) in [5.74, 6) is 0.908. The van der Waals surface area contributed by atoms with E-state index in [9.17, 15) is 4.79 Å². The standard InChI is InChI=1S/C11H20N4O/c1-11(2,3)15-8-10(16)14-5-4-9-12-6-7-13-9/h6-7,15H,4-5,8H2,1-3H3,(H,12,13)(H,14,16). The molecule has 0 saturated carbocycles. The first-order valence-corrected chi connectivity index (χ1v) is 5.47. The van der Waals surface area contributed by atoms with Gasteiger partial charge in [-0.15, -0.1) is 0 Å². The molecule has 1 rings (SSSR count). The summed E-state index contributed by atoms with van der Waals surface area (Å²) in [6.07, 6.45) is 4.21. The molecule has 90 valence electrons. The molecular weight excluding hydrogens is 204 g/mol. The number of H-pyrrole nitrogens is 1. The number of nitrogens with one attached hydrogen (secondary N) is 3. The Kier molecular flexibility index (Phi) is 4.49. The van der Waals surface area contributed by atoms with Crippen LogP contribution in [0, 0.1) is 0 Å². The minimum atomic E-state index is -0.0294. The minimum Gasteiger partial charge on any atom is -0.355 e. The predicted molar refractivity (Wildman–Crippen MR) is 63.1 cm³/mol. The highest BCUT2D eigenvalue weighted by Crippen LogP contribution is 1.96. The van der Waals surface area contributed by atoms with Gasteiger partial charge in [0.25, 0.3) is 0 Å². The maximum absolute atomic E-state index is 11.4. The summed E-state index contributed by atoms with van der Waals surface area (Å²) in [6, 6.07) is 0. The summed E-state index contributed by atoms with van der Waals surface area (Å²) in [4.78, 5) is 18.5. The lowest BCUT2D eigenvalue weighted by molar-refractivity contribution is -0.120. The lowest BCUT2D eigenvalue weighted by atomic mass is 10.1. The Bertz CT molecular complexity index is 313. The molecule has 0 fully saturated rings. The van der Waals surface area contributed by atoms with Gasteiger partial charge < -0.3 is 15.6 Å². The highest BCUT2D eigenvalue weighted by Gasteiger charge is 2.10. The van der Waals surface area contributed by atoms with Crippen molar-refractivity contribution in [2.75, 3.05) is 13.1 Å². The fourth-order valence-electron chi connectivity index (χ4n) is 1.16. The highest BCUT2D eigenvalue weighted by molar-refractivity contribution is 5.78. The van der Waals surface area contributed by atoms with E-state index in [-0.39, 0.29) is 11.4 Å². The maximum Gasteiger partial charge on any atom is 0.233 e. The van der Waals surface area contributed by atoms with Gasteiger partial charge in [0.2, 0.25) is 5.91 Å². The topological polar surface area (TPSA) is 69.8 Å². The zero-order valence-corrected chi connectivity index (χ0v) is 10.1. The number of rotatable bonds is 5. The summed E-state index contributed by atoms with van der Waals surface area (Å²) in [6.45, 7) is 7.05. The molecule has 1 amide bonds. The maximum atomic E-state index is 11.4. The fraction of sp³-hybridized carbons (Fsp3) is 0.636. The van der Waals surface area contributed by atoms with Gasteiger partial charge >= 0.3 is 0 Å². The van der Waals surface area contributed by atoms with Crippen molar-refractivity contribution >= 4 is 5.91 Å². The second-order valence-electron chi connectivity index (χ2n) is 4.74. The van der Waals surface area contributed by atoms with Crippen LogP contribution in [0.3, 0.4) is 0 Å². The van der Waals surface area contributed by atoms with Gasteiger partial charge in [-0.1, -0.05) is 0 Å². The molecule has 0 radical (unpaired) electrons. The Labute approximate surface area is 96.0 Å². The number of aromatic nitrogens is 2. The third kappa shape index (κ3) is 5.50. The van der Waals surface area contributed by atoms with Crippen molar-refractivity contribution in [2.45, 2.75) is 32.7 Å². The van der Waals surface area contributed by atoms with Crippen LogP contribution in [0.5, 0.6) is 0 Å². The predicted octanol–water partition coefficient (Wildman–Crippen LogP) is 0.457. The Morgan fingerprint density at radius 3 is 2.81 bits per heavy atom. The minimum absolute atomic E-state index is 0.0153. The second-order valence-corrected chi connectivity index (χ2v) is 4.74. The number of imidazole rings is 1. The zero-order valence-electron chi connectivity index (χ0n) is 10.1. The summed E-state index contributed by atoms with van der Waals surface area (Å²) < 4.78 is 0. The average Bonchev–Trinajstić information content (AvgIpc) is 2.66. The van der Waals surface area contributed by atoms with Crippen LogP contribution in [0.1, 0.15) is 26.6 Å². The number of hydrogen-bond acceptors (Lipinski definition) is 3. The average molecular weight is 224 g/mol. The van der Waals surface area contributed by atoms with E-state index in [0.29, 0.717) is 13.1 Å². The molecule has 0 spiro atoms. The van der Waals surface area contributed by atoms with Crippen molar-refractivity contribution in [2.24, 2.45) is 0 Å². The molecule has 5 heteroatoms. The van der Waals surface area contributed by atoms with E-state index in [1.54, 1.807) is 12.4 Å². The molecule has 16 heavy (non-hydrogen) atoms. The first kappa shape index (κ1) is 12.7. The van der Waals surface area contributed by atoms with Gasteiger partial charge in [-0.05, 0) is 20.8 Å². The van der Waals surface area contributed by atoms with Crippen LogP contribution >= 0.6 is 0 Å². The SMILES string of the molecule is CC(C)(C)NCC(=O)NCCc1ncc[nH]1. The van der Waals surface area contributed by atoms with Crippen molar-refractivity contribution in [1.82, 2.24) is 20.6 Å². The first-order valence-electron chi connectivity index (χ1n) is 5.47. The molecule has 0 atom stereocenters. The molecule has 3 N–H and O–H groups in total. The van der Waals surface area contributed by atoms with Crippen LogP contribution in [0.4, 0.5) is 0 Å². The lowest BCUT2D eigenvalue weighted by Crippen LogP contribution is -2.43. The van der Waals surface area contributed by atoms with Crippen LogP contribution in [0.2, 0.25) is 0 Å². The number of carbonyl (C=O) groups excluding carboxylic acids is 1. The Hall–Kier alpha value is -1.36. The first-order chi connectivity index (χ1) is 7.47. The van der Waals surface area contributed by atoms with Crippen molar-refractivity contribution in [3.63, 3.8) is 0 Å². The van der Waals surface area contributed by atoms with Crippen LogP contribution < -0.4 is 10.6 Å². The van der Waals surface area contributed by atoms with Crippen molar-refractivity contribution in [1.29, 1.82) is 0 Å². The molecule has 0 aromatic carbocycles. The van der Waals surface area contributed by atoms with E-state index >= 15 is 0 Å². The van der Waals surface area contributed by atoms with Gasteiger partial charge in [0, 0.05) is 30.9 Å². The summed E-state index contributed by atoms with van der Waals surface area (Å²) in [5.41, 5.74) is -0.0294. The molecular formula is C11H20N4O. The third-order valence-electron chi connectivity index (χ3n) is 2.02. The zero-order chi connectivity index (χ0) is 12.0. The van der Waals surface area contributed by atoms with Gasteiger partial charge in [0.15, 0.2) is 0 Å². The molecule has 1 aromatic rings. The monoisotopic (exact) mass is 224 g/mol. The molecule has 5 nitrogen and oxygen atoms in total. The van der Waals surface area contributed by atoms with Crippen LogP contribution in [-0.2, 0) is 11.2 Å². The van der Waals surface area contributed by atoms with E-state index in [1.807, 2.05) is 20.8 Å². The van der Waals surface area contributed by atoms with E-state index in [1.165, 1.54) is 0 Å². The second kappa shape index (κ2) is 5.65. The highest BCUT2D eigenvalue weighted by atomic mass is 16.1. The van der Waals surface area contributed by atoms with Gasteiger partial charge in [0.05, 0.1) is 6.54 Å². The largest absolute Gasteiger partial charge is 0.355 e. The molecule has 0 unspecified atom stereocenters. The number of carbonyl (C=O) groups is 1. The Balaban J connectivity index is 2.11. The van der Waals surface area contributed by atoms with Gasteiger partial charge in [-0.25, -0.2) is 4.98 Å². The van der Waals surface area contributed by atoms with Crippen molar-refractivity contribution in [3.8, 4) is 0 Å². The summed E-state index contributed by atoms with van der Waals surface area (Å²) in [5, 5.41) is 5.96. The molecule has 0 aliphatic carbocycles. The summed E-state index contributed by atoms with van der Waals surface area (Å²) in [7, 11) is 0. The molecule has 1 aromatic heterocycles. The Morgan fingerprint density at radius 2 is 2.25 bits per heavy atom. The molecule has 0 aliphatic rings.